The fraction of sp³-hybridized carbons (Fsp3) is 0.500. The van der Waals surface area contributed by atoms with Crippen LogP contribution in [-0.4, -0.2) is 42.4 Å². The molecule has 0 aliphatic carbocycles. The lowest BCUT2D eigenvalue weighted by molar-refractivity contribution is 0.00717. The van der Waals surface area contributed by atoms with Gasteiger partial charge in [-0.3, -0.25) is 4.98 Å². The summed E-state index contributed by atoms with van der Waals surface area (Å²) in [5.74, 6) is -0.315. The average Bonchev–Trinajstić information content (AvgIpc) is 2.76. The number of benzene rings is 1. The van der Waals surface area contributed by atoms with E-state index in [4.69, 9.17) is 9.47 Å². The Morgan fingerprint density at radius 2 is 2.12 bits per heavy atom. The van der Waals surface area contributed by atoms with Crippen molar-refractivity contribution < 1.29 is 14.3 Å². The molecule has 0 N–H and O–H groups in total. The molecule has 0 radical (unpaired) electrons. The third-order valence-electron chi connectivity index (χ3n) is 4.16. The van der Waals surface area contributed by atoms with E-state index < -0.39 is 5.60 Å². The summed E-state index contributed by atoms with van der Waals surface area (Å²) in [6.45, 7) is 10.3. The Bertz CT molecular complexity index is 767. The fourth-order valence-electron chi connectivity index (χ4n) is 3.07. The van der Waals surface area contributed by atoms with Crippen molar-refractivity contribution in [2.75, 3.05) is 24.6 Å². The van der Waals surface area contributed by atoms with E-state index in [-0.39, 0.29) is 12.1 Å². The molecule has 5 heteroatoms. The number of pyridine rings is 1. The Labute approximate surface area is 148 Å². The smallest absolute Gasteiger partial charge is 0.339 e. The number of hydrogen-bond donors (Lipinski definition) is 0. The molecule has 1 aliphatic rings. The Kier molecular flexibility index (Phi) is 4.95. The van der Waals surface area contributed by atoms with Gasteiger partial charge in [-0.05, 0) is 58.4 Å². The molecule has 2 heterocycles. The number of carbonyl (C=O) groups is 1. The quantitative estimate of drug-likeness (QED) is 0.777. The van der Waals surface area contributed by atoms with Crippen LogP contribution in [0.3, 0.4) is 0 Å². The first kappa shape index (κ1) is 17.7. The predicted octanol–water partition coefficient (Wildman–Crippen LogP) is 3.81. The summed E-state index contributed by atoms with van der Waals surface area (Å²) >= 11 is 0. The van der Waals surface area contributed by atoms with Crippen molar-refractivity contribution in [1.82, 2.24) is 4.98 Å². The summed E-state index contributed by atoms with van der Waals surface area (Å²) < 4.78 is 11.3. The molecule has 5 nitrogen and oxygen atoms in total. The van der Waals surface area contributed by atoms with Crippen LogP contribution in [0.1, 0.15) is 44.5 Å². The minimum atomic E-state index is -0.526. The fourth-order valence-corrected chi connectivity index (χ4v) is 3.07. The van der Waals surface area contributed by atoms with Crippen LogP contribution < -0.4 is 4.90 Å². The number of aromatic nitrogens is 1. The van der Waals surface area contributed by atoms with Crippen molar-refractivity contribution in [3.63, 3.8) is 0 Å². The third kappa shape index (κ3) is 4.28. The molecule has 25 heavy (non-hydrogen) atoms. The topological polar surface area (TPSA) is 51.7 Å². The first-order valence-electron chi connectivity index (χ1n) is 8.82. The monoisotopic (exact) mass is 342 g/mol. The molecule has 1 atom stereocenters. The second-order valence-electron chi connectivity index (χ2n) is 7.54. The van der Waals surface area contributed by atoms with Crippen molar-refractivity contribution in [1.29, 1.82) is 0 Å². The first-order valence-corrected chi connectivity index (χ1v) is 8.82. The van der Waals surface area contributed by atoms with Gasteiger partial charge in [0.15, 0.2) is 0 Å². The summed E-state index contributed by atoms with van der Waals surface area (Å²) in [5.41, 5.74) is 1.91. The number of fused-ring (bicyclic) bond motifs is 1. The molecule has 3 rings (SSSR count). The maximum Gasteiger partial charge on any atom is 0.339 e. The minimum absolute atomic E-state index is 0.192. The van der Waals surface area contributed by atoms with Gasteiger partial charge in [0.2, 0.25) is 0 Å². The van der Waals surface area contributed by atoms with Crippen LogP contribution in [0.25, 0.3) is 10.9 Å². The van der Waals surface area contributed by atoms with E-state index in [0.29, 0.717) is 5.56 Å². The normalized spacial score (nSPS) is 18.9. The van der Waals surface area contributed by atoms with Gasteiger partial charge in [0.1, 0.15) is 5.60 Å². The molecular formula is C20H26N2O3. The van der Waals surface area contributed by atoms with Gasteiger partial charge in [-0.15, -0.1) is 0 Å². The first-order chi connectivity index (χ1) is 11.8. The zero-order valence-electron chi connectivity index (χ0n) is 15.4. The summed E-state index contributed by atoms with van der Waals surface area (Å²) in [6.07, 6.45) is 2.84. The van der Waals surface area contributed by atoms with Crippen molar-refractivity contribution >= 4 is 22.6 Å². The van der Waals surface area contributed by atoms with Crippen LogP contribution in [-0.2, 0) is 9.47 Å². The second-order valence-corrected chi connectivity index (χ2v) is 7.54. The maximum absolute atomic E-state index is 12.6. The minimum Gasteiger partial charge on any atom is -0.456 e. The summed E-state index contributed by atoms with van der Waals surface area (Å²) in [4.78, 5) is 19.3. The number of hydrogen-bond acceptors (Lipinski definition) is 5. The maximum atomic E-state index is 12.6. The molecule has 1 aromatic carbocycles. The lowest BCUT2D eigenvalue weighted by Crippen LogP contribution is -2.30. The molecule has 0 bridgehead atoms. The van der Waals surface area contributed by atoms with Crippen LogP contribution in [0.2, 0.25) is 0 Å². The lowest BCUT2D eigenvalue weighted by Gasteiger charge is -2.25. The number of ether oxygens (including phenoxy) is 2. The van der Waals surface area contributed by atoms with Gasteiger partial charge in [-0.1, -0.05) is 0 Å². The van der Waals surface area contributed by atoms with Crippen LogP contribution >= 0.6 is 0 Å². The van der Waals surface area contributed by atoms with Crippen molar-refractivity contribution in [2.45, 2.75) is 45.8 Å². The van der Waals surface area contributed by atoms with Gasteiger partial charge >= 0.3 is 5.97 Å². The highest BCUT2D eigenvalue weighted by Crippen LogP contribution is 2.26. The molecule has 0 spiro atoms. The number of rotatable bonds is 2. The largest absolute Gasteiger partial charge is 0.456 e. The number of carbonyl (C=O) groups excluding carboxylic acids is 1. The molecule has 134 valence electrons. The molecule has 0 saturated carbocycles. The van der Waals surface area contributed by atoms with Gasteiger partial charge in [0, 0.05) is 37.0 Å². The van der Waals surface area contributed by atoms with Crippen molar-refractivity contribution in [2.24, 2.45) is 0 Å². The third-order valence-corrected chi connectivity index (χ3v) is 4.16. The molecule has 1 fully saturated rings. The van der Waals surface area contributed by atoms with Crippen LogP contribution in [0.4, 0.5) is 5.69 Å². The summed E-state index contributed by atoms with van der Waals surface area (Å²) in [6, 6.07) is 7.80. The van der Waals surface area contributed by atoms with E-state index in [2.05, 4.69) is 22.9 Å². The SMILES string of the molecule is CC1CN(c2ccc3nccc(C(=O)OC(C)(C)C)c3c2)CCCO1. The zero-order chi connectivity index (χ0) is 18.0. The van der Waals surface area contributed by atoms with Gasteiger partial charge in [-0.25, -0.2) is 4.79 Å². The molecule has 1 unspecified atom stereocenters. The van der Waals surface area contributed by atoms with Gasteiger partial charge in [0.05, 0.1) is 17.2 Å². The van der Waals surface area contributed by atoms with E-state index in [1.54, 1.807) is 12.3 Å². The van der Waals surface area contributed by atoms with E-state index in [1.165, 1.54) is 0 Å². The van der Waals surface area contributed by atoms with Crippen LogP contribution in [0.5, 0.6) is 0 Å². The zero-order valence-corrected chi connectivity index (χ0v) is 15.4. The van der Waals surface area contributed by atoms with Gasteiger partial charge < -0.3 is 14.4 Å². The highest BCUT2D eigenvalue weighted by atomic mass is 16.6. The summed E-state index contributed by atoms with van der Waals surface area (Å²) in [5, 5.41) is 0.826. The molecular weight excluding hydrogens is 316 g/mol. The number of esters is 1. The number of nitrogens with zero attached hydrogens (tertiary/aromatic N) is 2. The summed E-state index contributed by atoms with van der Waals surface area (Å²) in [7, 11) is 0. The highest BCUT2D eigenvalue weighted by molar-refractivity contribution is 6.04. The Morgan fingerprint density at radius 3 is 2.88 bits per heavy atom. The van der Waals surface area contributed by atoms with Gasteiger partial charge in [0.25, 0.3) is 0 Å². The molecule has 1 aliphatic heterocycles. The Morgan fingerprint density at radius 1 is 1.32 bits per heavy atom. The van der Waals surface area contributed by atoms with Crippen molar-refractivity contribution in [3.05, 3.63) is 36.0 Å². The second kappa shape index (κ2) is 7.00. The Hall–Kier alpha value is -2.14. The standard InChI is InChI=1S/C20H26N2O3/c1-14-13-22(10-5-11-24-14)15-6-7-18-17(12-15)16(8-9-21-18)19(23)25-20(2,3)4/h6-9,12,14H,5,10-11,13H2,1-4H3. The van der Waals surface area contributed by atoms with Gasteiger partial charge in [-0.2, -0.15) is 0 Å². The van der Waals surface area contributed by atoms with E-state index in [0.717, 1.165) is 42.7 Å². The van der Waals surface area contributed by atoms with E-state index in [9.17, 15) is 4.79 Å². The van der Waals surface area contributed by atoms with Crippen LogP contribution in [0.15, 0.2) is 30.5 Å². The molecule has 1 aromatic heterocycles. The molecule has 0 amide bonds. The molecule has 1 saturated heterocycles. The Balaban J connectivity index is 1.98. The lowest BCUT2D eigenvalue weighted by atomic mass is 10.1. The average molecular weight is 342 g/mol. The van der Waals surface area contributed by atoms with Crippen LogP contribution in [0, 0.1) is 0 Å². The van der Waals surface area contributed by atoms with E-state index >= 15 is 0 Å². The molecule has 2 aromatic rings. The predicted molar refractivity (Wildman–Crippen MR) is 99.2 cm³/mol. The number of anilines is 1. The highest BCUT2D eigenvalue weighted by Gasteiger charge is 2.21. The van der Waals surface area contributed by atoms with E-state index in [1.807, 2.05) is 32.9 Å². The van der Waals surface area contributed by atoms with Crippen molar-refractivity contribution in [3.8, 4) is 0 Å².